The van der Waals surface area contributed by atoms with Gasteiger partial charge < -0.3 is 4.74 Å². The van der Waals surface area contributed by atoms with Crippen LogP contribution in [0.5, 0.6) is 5.75 Å². The Bertz CT molecular complexity index is 445. The lowest BCUT2D eigenvalue weighted by molar-refractivity contribution is 0.247. The lowest BCUT2D eigenvalue weighted by Crippen LogP contribution is -2.29. The molecule has 0 fully saturated rings. The van der Waals surface area contributed by atoms with Gasteiger partial charge >= 0.3 is 0 Å². The predicted octanol–water partition coefficient (Wildman–Crippen LogP) is 4.01. The molecule has 1 aliphatic heterocycles. The third-order valence-corrected chi connectivity index (χ3v) is 3.73. The maximum absolute atomic E-state index is 5.89. The monoisotopic (exact) mass is 273 g/mol. The molecule has 0 unspecified atom stereocenters. The molecular weight excluding hydrogens is 246 g/mol. The highest BCUT2D eigenvalue weighted by Crippen LogP contribution is 2.25. The summed E-state index contributed by atoms with van der Waals surface area (Å²) < 4.78 is 5.89. The van der Waals surface area contributed by atoms with Crippen molar-refractivity contribution in [2.24, 2.45) is 0 Å². The average Bonchev–Trinajstić information content (AvgIpc) is 2.44. The topological polar surface area (TPSA) is 12.5 Å². The van der Waals surface area contributed by atoms with Crippen molar-refractivity contribution in [3.8, 4) is 5.75 Å². The first-order valence-corrected chi connectivity index (χ1v) is 7.66. The quantitative estimate of drug-likeness (QED) is 0.593. The first kappa shape index (κ1) is 15.1. The Balaban J connectivity index is 1.75. The molecule has 0 aliphatic carbocycles. The van der Waals surface area contributed by atoms with E-state index in [0.29, 0.717) is 0 Å². The number of ether oxygens (including phenoxy) is 1. The third-order valence-electron chi connectivity index (χ3n) is 3.73. The van der Waals surface area contributed by atoms with Crippen molar-refractivity contribution in [3.05, 3.63) is 42.0 Å². The summed E-state index contributed by atoms with van der Waals surface area (Å²) in [6, 6.07) is 8.49. The van der Waals surface area contributed by atoms with E-state index in [4.69, 9.17) is 4.74 Å². The standard InChI is InChI=1S/C18H27NO/c1-18(2,3)16-9-7-10-17(15-16)20-14-8-13-19-11-5-4-6-12-19/h4-5,7,9-10,15H,6,8,11-14H2,1-3H3. The molecule has 0 bridgehead atoms. The first-order chi connectivity index (χ1) is 9.55. The highest BCUT2D eigenvalue weighted by Gasteiger charge is 2.13. The van der Waals surface area contributed by atoms with E-state index in [0.717, 1.165) is 31.9 Å². The summed E-state index contributed by atoms with van der Waals surface area (Å²) in [6.45, 7) is 10.9. The van der Waals surface area contributed by atoms with Gasteiger partial charge in [-0.1, -0.05) is 45.1 Å². The zero-order valence-corrected chi connectivity index (χ0v) is 13.1. The largest absolute Gasteiger partial charge is 0.494 e. The van der Waals surface area contributed by atoms with Gasteiger partial charge in [0.25, 0.3) is 0 Å². The minimum Gasteiger partial charge on any atom is -0.494 e. The molecule has 0 spiro atoms. The van der Waals surface area contributed by atoms with Gasteiger partial charge in [0.1, 0.15) is 5.75 Å². The Hall–Kier alpha value is -1.28. The predicted molar refractivity (Wildman–Crippen MR) is 85.5 cm³/mol. The van der Waals surface area contributed by atoms with Crippen LogP contribution in [0.1, 0.15) is 39.2 Å². The summed E-state index contributed by atoms with van der Waals surface area (Å²) >= 11 is 0. The van der Waals surface area contributed by atoms with Crippen LogP contribution in [0.4, 0.5) is 0 Å². The zero-order valence-electron chi connectivity index (χ0n) is 13.1. The molecule has 2 rings (SSSR count). The van der Waals surface area contributed by atoms with E-state index < -0.39 is 0 Å². The normalized spacial score (nSPS) is 16.4. The SMILES string of the molecule is CC(C)(C)c1cccc(OCCCN2CC=CCC2)c1. The van der Waals surface area contributed by atoms with E-state index in [1.807, 2.05) is 0 Å². The molecular formula is C18H27NO. The molecule has 0 saturated carbocycles. The molecule has 1 aromatic carbocycles. The van der Waals surface area contributed by atoms with Crippen molar-refractivity contribution in [2.75, 3.05) is 26.2 Å². The van der Waals surface area contributed by atoms with Crippen LogP contribution in [0.25, 0.3) is 0 Å². The van der Waals surface area contributed by atoms with Crippen LogP contribution in [0.15, 0.2) is 36.4 Å². The van der Waals surface area contributed by atoms with E-state index in [2.05, 4.69) is 62.1 Å². The lowest BCUT2D eigenvalue weighted by atomic mass is 9.87. The van der Waals surface area contributed by atoms with Crippen LogP contribution < -0.4 is 4.74 Å². The van der Waals surface area contributed by atoms with Gasteiger partial charge in [-0.15, -0.1) is 0 Å². The van der Waals surface area contributed by atoms with E-state index >= 15 is 0 Å². The Morgan fingerprint density at radius 1 is 1.20 bits per heavy atom. The van der Waals surface area contributed by atoms with Crippen LogP contribution in [0, 0.1) is 0 Å². The molecule has 0 N–H and O–H groups in total. The summed E-state index contributed by atoms with van der Waals surface area (Å²) in [6.07, 6.45) is 6.81. The summed E-state index contributed by atoms with van der Waals surface area (Å²) in [5, 5.41) is 0. The van der Waals surface area contributed by atoms with Crippen molar-refractivity contribution in [1.82, 2.24) is 4.90 Å². The van der Waals surface area contributed by atoms with Gasteiger partial charge in [-0.2, -0.15) is 0 Å². The Morgan fingerprint density at radius 2 is 2.05 bits per heavy atom. The maximum Gasteiger partial charge on any atom is 0.119 e. The fourth-order valence-corrected chi connectivity index (χ4v) is 2.42. The molecule has 0 atom stereocenters. The fourth-order valence-electron chi connectivity index (χ4n) is 2.42. The number of nitrogens with zero attached hydrogens (tertiary/aromatic N) is 1. The molecule has 2 nitrogen and oxygen atoms in total. The van der Waals surface area contributed by atoms with Gasteiger partial charge in [-0.3, -0.25) is 4.90 Å². The van der Waals surface area contributed by atoms with Crippen molar-refractivity contribution >= 4 is 0 Å². The van der Waals surface area contributed by atoms with Crippen LogP contribution in [0.2, 0.25) is 0 Å². The first-order valence-electron chi connectivity index (χ1n) is 7.66. The smallest absolute Gasteiger partial charge is 0.119 e. The van der Waals surface area contributed by atoms with Crippen LogP contribution in [-0.2, 0) is 5.41 Å². The number of rotatable bonds is 5. The Morgan fingerprint density at radius 3 is 2.75 bits per heavy atom. The van der Waals surface area contributed by atoms with Gasteiger partial charge in [0.2, 0.25) is 0 Å². The lowest BCUT2D eigenvalue weighted by Gasteiger charge is -2.23. The van der Waals surface area contributed by atoms with E-state index in [1.54, 1.807) is 0 Å². The second-order valence-corrected chi connectivity index (χ2v) is 6.54. The molecule has 0 saturated heterocycles. The molecule has 0 amide bonds. The number of hydrogen-bond donors (Lipinski definition) is 0. The van der Waals surface area contributed by atoms with E-state index in [-0.39, 0.29) is 5.41 Å². The van der Waals surface area contributed by atoms with E-state index in [9.17, 15) is 0 Å². The minimum atomic E-state index is 0.180. The second-order valence-electron chi connectivity index (χ2n) is 6.54. The maximum atomic E-state index is 5.89. The van der Waals surface area contributed by atoms with Crippen LogP contribution in [-0.4, -0.2) is 31.1 Å². The van der Waals surface area contributed by atoms with Gasteiger partial charge in [0.05, 0.1) is 6.61 Å². The molecule has 0 radical (unpaired) electrons. The number of hydrogen-bond acceptors (Lipinski definition) is 2. The van der Waals surface area contributed by atoms with Gasteiger partial charge in [0.15, 0.2) is 0 Å². The van der Waals surface area contributed by atoms with Crippen molar-refractivity contribution in [2.45, 2.75) is 39.0 Å². The molecule has 20 heavy (non-hydrogen) atoms. The molecule has 1 aliphatic rings. The minimum absolute atomic E-state index is 0.180. The van der Waals surface area contributed by atoms with E-state index in [1.165, 1.54) is 18.5 Å². The third kappa shape index (κ3) is 4.68. The van der Waals surface area contributed by atoms with Crippen molar-refractivity contribution in [3.63, 3.8) is 0 Å². The summed E-state index contributed by atoms with van der Waals surface area (Å²) in [4.78, 5) is 2.48. The Labute approximate surface area is 123 Å². The highest BCUT2D eigenvalue weighted by molar-refractivity contribution is 5.32. The molecule has 1 aromatic rings. The van der Waals surface area contributed by atoms with Crippen molar-refractivity contribution < 1.29 is 4.74 Å². The van der Waals surface area contributed by atoms with Gasteiger partial charge in [-0.25, -0.2) is 0 Å². The Kier molecular flexibility index (Phi) is 5.24. The van der Waals surface area contributed by atoms with Crippen LogP contribution >= 0.6 is 0 Å². The summed E-state index contributed by atoms with van der Waals surface area (Å²) in [5.74, 6) is 0.996. The molecule has 2 heteroatoms. The molecule has 1 heterocycles. The highest BCUT2D eigenvalue weighted by atomic mass is 16.5. The van der Waals surface area contributed by atoms with Crippen LogP contribution in [0.3, 0.4) is 0 Å². The van der Waals surface area contributed by atoms with Crippen molar-refractivity contribution in [1.29, 1.82) is 0 Å². The summed E-state index contributed by atoms with van der Waals surface area (Å²) in [5.41, 5.74) is 1.51. The fraction of sp³-hybridized carbons (Fsp3) is 0.556. The number of benzene rings is 1. The average molecular weight is 273 g/mol. The van der Waals surface area contributed by atoms with Gasteiger partial charge in [-0.05, 0) is 36.0 Å². The van der Waals surface area contributed by atoms with Gasteiger partial charge in [0, 0.05) is 19.6 Å². The molecule has 0 aromatic heterocycles. The second kappa shape index (κ2) is 6.94. The zero-order chi connectivity index (χ0) is 14.4. The summed E-state index contributed by atoms with van der Waals surface area (Å²) in [7, 11) is 0. The molecule has 110 valence electrons.